The second kappa shape index (κ2) is 7.39. The van der Waals surface area contributed by atoms with Crippen molar-refractivity contribution in [2.75, 3.05) is 33.4 Å². The zero-order chi connectivity index (χ0) is 15.3. The summed E-state index contributed by atoms with van der Waals surface area (Å²) in [5.41, 5.74) is 7.48. The molecule has 0 bridgehead atoms. The number of benzene rings is 1. The van der Waals surface area contributed by atoms with Gasteiger partial charge in [0.15, 0.2) is 0 Å². The maximum Gasteiger partial charge on any atom is 0.0589 e. The standard InChI is InChI=1S/C18H30N2O/c1-15(16-9-10-16)20(11-12-21-3)14-18(2,13-19)17-7-5-4-6-8-17/h4-8,15-16H,9-14,19H2,1-3H3. The van der Waals surface area contributed by atoms with Crippen molar-refractivity contribution in [2.24, 2.45) is 11.7 Å². The molecule has 0 saturated heterocycles. The summed E-state index contributed by atoms with van der Waals surface area (Å²) < 4.78 is 5.30. The first kappa shape index (κ1) is 16.5. The molecule has 21 heavy (non-hydrogen) atoms. The van der Waals surface area contributed by atoms with Crippen molar-refractivity contribution in [2.45, 2.75) is 38.1 Å². The lowest BCUT2D eigenvalue weighted by atomic mass is 9.81. The fourth-order valence-electron chi connectivity index (χ4n) is 3.07. The van der Waals surface area contributed by atoms with E-state index < -0.39 is 0 Å². The predicted octanol–water partition coefficient (Wildman–Crippen LogP) is 2.65. The van der Waals surface area contributed by atoms with E-state index in [-0.39, 0.29) is 5.41 Å². The second-order valence-electron chi connectivity index (χ2n) is 6.67. The molecule has 1 saturated carbocycles. The normalized spacial score (nSPS) is 19.5. The molecule has 0 radical (unpaired) electrons. The van der Waals surface area contributed by atoms with Crippen LogP contribution < -0.4 is 5.73 Å². The third-order valence-corrected chi connectivity index (χ3v) is 4.94. The number of rotatable bonds is 9. The summed E-state index contributed by atoms with van der Waals surface area (Å²) in [6.45, 7) is 8.06. The minimum absolute atomic E-state index is 0.00183. The summed E-state index contributed by atoms with van der Waals surface area (Å²) >= 11 is 0. The maximum atomic E-state index is 6.15. The summed E-state index contributed by atoms with van der Waals surface area (Å²) in [7, 11) is 1.78. The Morgan fingerprint density at radius 3 is 2.52 bits per heavy atom. The first-order valence-electron chi connectivity index (χ1n) is 8.09. The second-order valence-corrected chi connectivity index (χ2v) is 6.67. The van der Waals surface area contributed by atoms with Gasteiger partial charge in [0.2, 0.25) is 0 Å². The van der Waals surface area contributed by atoms with E-state index in [1.165, 1.54) is 18.4 Å². The highest BCUT2D eigenvalue weighted by Gasteiger charge is 2.35. The largest absolute Gasteiger partial charge is 0.383 e. The van der Waals surface area contributed by atoms with Crippen molar-refractivity contribution in [1.29, 1.82) is 0 Å². The Balaban J connectivity index is 2.11. The van der Waals surface area contributed by atoms with Crippen LogP contribution in [0.5, 0.6) is 0 Å². The molecule has 2 unspecified atom stereocenters. The maximum absolute atomic E-state index is 6.15. The van der Waals surface area contributed by atoms with Crippen LogP contribution in [0.25, 0.3) is 0 Å². The monoisotopic (exact) mass is 290 g/mol. The third-order valence-electron chi connectivity index (χ3n) is 4.94. The Bertz CT molecular complexity index is 418. The highest BCUT2D eigenvalue weighted by molar-refractivity contribution is 5.25. The number of nitrogens with two attached hydrogens (primary N) is 1. The van der Waals surface area contributed by atoms with Gasteiger partial charge in [-0.1, -0.05) is 37.3 Å². The molecule has 3 nitrogen and oxygen atoms in total. The van der Waals surface area contributed by atoms with Gasteiger partial charge < -0.3 is 10.5 Å². The topological polar surface area (TPSA) is 38.5 Å². The van der Waals surface area contributed by atoms with Gasteiger partial charge in [-0.05, 0) is 31.2 Å². The zero-order valence-electron chi connectivity index (χ0n) is 13.7. The van der Waals surface area contributed by atoms with Crippen LogP contribution in [-0.2, 0) is 10.2 Å². The molecule has 1 aromatic rings. The molecular formula is C18H30N2O. The summed E-state index contributed by atoms with van der Waals surface area (Å²) in [4.78, 5) is 2.57. The molecule has 0 aromatic heterocycles. The molecule has 1 aliphatic rings. The van der Waals surface area contributed by atoms with Gasteiger partial charge in [-0.15, -0.1) is 0 Å². The van der Waals surface area contributed by atoms with Crippen LogP contribution in [0.1, 0.15) is 32.3 Å². The molecule has 2 rings (SSSR count). The minimum atomic E-state index is -0.00183. The summed E-state index contributed by atoms with van der Waals surface area (Å²) in [6.07, 6.45) is 2.74. The Morgan fingerprint density at radius 2 is 2.00 bits per heavy atom. The lowest BCUT2D eigenvalue weighted by Crippen LogP contribution is -2.48. The molecule has 0 spiro atoms. The van der Waals surface area contributed by atoms with Gasteiger partial charge in [0.25, 0.3) is 0 Å². The van der Waals surface area contributed by atoms with E-state index in [1.54, 1.807) is 7.11 Å². The summed E-state index contributed by atoms with van der Waals surface area (Å²) in [6, 6.07) is 11.3. The van der Waals surface area contributed by atoms with Gasteiger partial charge in [0, 0.05) is 38.2 Å². The Labute approximate surface area is 129 Å². The molecule has 1 fully saturated rings. The van der Waals surface area contributed by atoms with Crippen molar-refractivity contribution in [3.63, 3.8) is 0 Å². The van der Waals surface area contributed by atoms with E-state index in [0.717, 1.165) is 25.6 Å². The smallest absolute Gasteiger partial charge is 0.0589 e. The molecule has 2 atom stereocenters. The fraction of sp³-hybridized carbons (Fsp3) is 0.667. The molecule has 3 heteroatoms. The van der Waals surface area contributed by atoms with Crippen molar-refractivity contribution < 1.29 is 4.74 Å². The third kappa shape index (κ3) is 4.29. The first-order valence-corrected chi connectivity index (χ1v) is 8.09. The first-order chi connectivity index (χ1) is 10.1. The predicted molar refractivity (Wildman–Crippen MR) is 88.5 cm³/mol. The molecule has 118 valence electrons. The van der Waals surface area contributed by atoms with Crippen molar-refractivity contribution >= 4 is 0 Å². The molecule has 1 aliphatic carbocycles. The van der Waals surface area contributed by atoms with Crippen molar-refractivity contribution in [3.05, 3.63) is 35.9 Å². The Hall–Kier alpha value is -0.900. The number of ether oxygens (including phenoxy) is 1. The summed E-state index contributed by atoms with van der Waals surface area (Å²) in [5, 5.41) is 0. The van der Waals surface area contributed by atoms with Crippen LogP contribution in [0.15, 0.2) is 30.3 Å². The minimum Gasteiger partial charge on any atom is -0.383 e. The summed E-state index contributed by atoms with van der Waals surface area (Å²) in [5.74, 6) is 0.861. The van der Waals surface area contributed by atoms with Crippen molar-refractivity contribution in [1.82, 2.24) is 4.90 Å². The van der Waals surface area contributed by atoms with Crippen LogP contribution in [0.4, 0.5) is 0 Å². The Kier molecular flexibility index (Phi) is 5.80. The van der Waals surface area contributed by atoms with E-state index in [0.29, 0.717) is 12.6 Å². The number of methoxy groups -OCH3 is 1. The van der Waals surface area contributed by atoms with E-state index >= 15 is 0 Å². The highest BCUT2D eigenvalue weighted by Crippen LogP contribution is 2.36. The Morgan fingerprint density at radius 1 is 1.33 bits per heavy atom. The van der Waals surface area contributed by atoms with Gasteiger partial charge in [0.05, 0.1) is 6.61 Å². The van der Waals surface area contributed by atoms with Gasteiger partial charge >= 0.3 is 0 Å². The van der Waals surface area contributed by atoms with Gasteiger partial charge in [-0.3, -0.25) is 4.90 Å². The van der Waals surface area contributed by atoms with Crippen LogP contribution in [0.2, 0.25) is 0 Å². The lowest BCUT2D eigenvalue weighted by Gasteiger charge is -2.38. The molecule has 2 N–H and O–H groups in total. The van der Waals surface area contributed by atoms with Crippen molar-refractivity contribution in [3.8, 4) is 0 Å². The fourth-order valence-corrected chi connectivity index (χ4v) is 3.07. The van der Waals surface area contributed by atoms with E-state index in [9.17, 15) is 0 Å². The SMILES string of the molecule is COCCN(CC(C)(CN)c1ccccc1)C(C)C1CC1. The van der Waals surface area contributed by atoms with E-state index in [4.69, 9.17) is 10.5 Å². The van der Waals surface area contributed by atoms with Crippen LogP contribution in [-0.4, -0.2) is 44.3 Å². The molecule has 0 heterocycles. The number of nitrogens with zero attached hydrogens (tertiary/aromatic N) is 1. The van der Waals surface area contributed by atoms with Gasteiger partial charge in [-0.25, -0.2) is 0 Å². The van der Waals surface area contributed by atoms with Gasteiger partial charge in [0.1, 0.15) is 0 Å². The molecule has 0 aliphatic heterocycles. The average molecular weight is 290 g/mol. The molecule has 0 amide bonds. The average Bonchev–Trinajstić information content (AvgIpc) is 3.36. The molecule has 1 aromatic carbocycles. The molecular weight excluding hydrogens is 260 g/mol. The lowest BCUT2D eigenvalue weighted by molar-refractivity contribution is 0.0988. The zero-order valence-corrected chi connectivity index (χ0v) is 13.7. The number of hydrogen-bond acceptors (Lipinski definition) is 3. The van der Waals surface area contributed by atoms with Crippen LogP contribution in [0.3, 0.4) is 0 Å². The van der Waals surface area contributed by atoms with Crippen LogP contribution >= 0.6 is 0 Å². The quantitative estimate of drug-likeness (QED) is 0.760. The number of hydrogen-bond donors (Lipinski definition) is 1. The highest BCUT2D eigenvalue weighted by atomic mass is 16.5. The van der Waals surface area contributed by atoms with E-state index in [2.05, 4.69) is 49.1 Å². The van der Waals surface area contributed by atoms with Crippen LogP contribution in [0, 0.1) is 5.92 Å². The van der Waals surface area contributed by atoms with E-state index in [1.807, 2.05) is 0 Å². The van der Waals surface area contributed by atoms with Gasteiger partial charge in [-0.2, -0.15) is 0 Å².